The molecule has 0 aromatic heterocycles. The van der Waals surface area contributed by atoms with E-state index >= 15 is 0 Å². The number of hydrogen-bond donors (Lipinski definition) is 0. The fraction of sp³-hybridized carbons (Fsp3) is 0.633. The van der Waals surface area contributed by atoms with E-state index in [0.717, 1.165) is 31.3 Å². The fourth-order valence-electron chi connectivity index (χ4n) is 5.68. The zero-order valence-corrected chi connectivity index (χ0v) is 25.4. The lowest BCUT2D eigenvalue weighted by Crippen LogP contribution is -2.33. The lowest BCUT2D eigenvalue weighted by atomic mass is 9.91. The van der Waals surface area contributed by atoms with Crippen molar-refractivity contribution in [1.29, 1.82) is 0 Å². The van der Waals surface area contributed by atoms with Crippen LogP contribution in [0.15, 0.2) is 60.3 Å². The first-order chi connectivity index (χ1) is 18.8. The molecule has 1 fully saturated rings. The minimum atomic E-state index is -0.548. The summed E-state index contributed by atoms with van der Waals surface area (Å²) >= 11 is 0. The second-order valence-electron chi connectivity index (χ2n) is 11.2. The van der Waals surface area contributed by atoms with Crippen LogP contribution in [0.5, 0.6) is 0 Å². The Morgan fingerprint density at radius 1 is 1.13 bits per heavy atom. The van der Waals surface area contributed by atoms with Crippen LogP contribution in [0.1, 0.15) is 58.8 Å². The number of hydrogen-bond acceptors (Lipinski definition) is 7. The lowest BCUT2D eigenvalue weighted by Gasteiger charge is -2.28. The van der Waals surface area contributed by atoms with Gasteiger partial charge in [0.2, 0.25) is 0 Å². The summed E-state index contributed by atoms with van der Waals surface area (Å²) in [7, 11) is 4.69. The number of rotatable bonds is 5. The van der Waals surface area contributed by atoms with Crippen molar-refractivity contribution >= 4 is 24.9 Å². The van der Waals surface area contributed by atoms with E-state index in [-0.39, 0.29) is 36.6 Å². The van der Waals surface area contributed by atoms with Crippen LogP contribution >= 0.6 is 18.9 Å². The number of esters is 1. The van der Waals surface area contributed by atoms with Gasteiger partial charge in [-0.2, -0.15) is 0 Å². The monoisotopic (exact) mass is 578 g/mol. The van der Waals surface area contributed by atoms with Crippen molar-refractivity contribution in [2.45, 2.75) is 108 Å². The molecule has 9 heteroatoms. The van der Waals surface area contributed by atoms with Crippen molar-refractivity contribution in [2.24, 2.45) is 5.92 Å². The lowest BCUT2D eigenvalue weighted by molar-refractivity contribution is -0.146. The smallest absolute Gasteiger partial charge is 0.330 e. The Morgan fingerprint density at radius 2 is 1.97 bits per heavy atom. The molecule has 4 heterocycles. The van der Waals surface area contributed by atoms with Crippen LogP contribution in [0.3, 0.4) is 0 Å². The van der Waals surface area contributed by atoms with Crippen molar-refractivity contribution in [3.05, 3.63) is 60.3 Å². The molecular formula is C30H44O7P2. The van der Waals surface area contributed by atoms with E-state index in [4.69, 9.17) is 28.0 Å². The van der Waals surface area contributed by atoms with E-state index in [1.807, 2.05) is 18.2 Å². The fourth-order valence-corrected chi connectivity index (χ4v) is 6.19. The van der Waals surface area contributed by atoms with Crippen molar-refractivity contribution in [2.75, 3.05) is 6.61 Å². The van der Waals surface area contributed by atoms with E-state index in [1.54, 1.807) is 0 Å². The highest BCUT2D eigenvalue weighted by atomic mass is 31.0. The van der Waals surface area contributed by atoms with Gasteiger partial charge in [0.1, 0.15) is 18.3 Å². The molecular weight excluding hydrogens is 534 g/mol. The second kappa shape index (κ2) is 15.2. The van der Waals surface area contributed by atoms with E-state index in [9.17, 15) is 4.79 Å². The molecule has 4 rings (SSSR count). The maximum atomic E-state index is 12.9. The van der Waals surface area contributed by atoms with Crippen LogP contribution in [-0.4, -0.2) is 61.4 Å². The van der Waals surface area contributed by atoms with Gasteiger partial charge < -0.3 is 28.0 Å². The molecule has 0 aliphatic carbocycles. The molecule has 2 unspecified atom stereocenters. The molecule has 0 N–H and O–H groups in total. The van der Waals surface area contributed by atoms with Gasteiger partial charge in [-0.15, -0.1) is 0 Å². The molecule has 0 spiro atoms. The van der Waals surface area contributed by atoms with Crippen molar-refractivity contribution in [3.8, 4) is 0 Å². The Bertz CT molecular complexity index is 961. The Morgan fingerprint density at radius 3 is 2.74 bits per heavy atom. The van der Waals surface area contributed by atoms with Gasteiger partial charge in [0, 0.05) is 31.4 Å². The van der Waals surface area contributed by atoms with Gasteiger partial charge in [-0.1, -0.05) is 61.1 Å². The minimum absolute atomic E-state index is 0.0342. The van der Waals surface area contributed by atoms with E-state index in [0.29, 0.717) is 31.8 Å². The zero-order chi connectivity index (χ0) is 27.8. The van der Waals surface area contributed by atoms with Gasteiger partial charge in [0.05, 0.1) is 37.1 Å². The summed E-state index contributed by atoms with van der Waals surface area (Å²) < 4.78 is 35.6. The highest BCUT2D eigenvalue weighted by Gasteiger charge is 2.47. The first kappa shape index (κ1) is 30.8. The summed E-state index contributed by atoms with van der Waals surface area (Å²) in [6.45, 7) is 9.29. The predicted molar refractivity (Wildman–Crippen MR) is 158 cm³/mol. The SMILES string of the molecule is C=C1C[C@H](C)C[C@@H]2CC=C[C@@H](C/C=C\C(=O)O[C@H]([C@H](/C=C/[C@@H]3CC(C)=CCO3)OP)C[C@H]3O[C@H]3[C@@H](OP)C1)O2. The topological polar surface area (TPSA) is 75.8 Å². The van der Waals surface area contributed by atoms with Crippen LogP contribution in [-0.2, 0) is 32.8 Å². The summed E-state index contributed by atoms with van der Waals surface area (Å²) in [4.78, 5) is 12.9. The summed E-state index contributed by atoms with van der Waals surface area (Å²) in [6, 6.07) is 0. The molecule has 0 aromatic carbocycles. The van der Waals surface area contributed by atoms with Crippen molar-refractivity contribution < 1.29 is 32.8 Å². The molecule has 11 atom stereocenters. The Balaban J connectivity index is 1.49. The summed E-state index contributed by atoms with van der Waals surface area (Å²) in [5.74, 6) is 0.0346. The molecule has 4 aliphatic heterocycles. The maximum absolute atomic E-state index is 12.9. The van der Waals surface area contributed by atoms with Gasteiger partial charge in [-0.25, -0.2) is 4.79 Å². The van der Waals surface area contributed by atoms with Crippen LogP contribution in [0.4, 0.5) is 0 Å². The van der Waals surface area contributed by atoms with E-state index < -0.39 is 18.2 Å². The first-order valence-corrected chi connectivity index (χ1v) is 15.0. The van der Waals surface area contributed by atoms with Gasteiger partial charge in [0.15, 0.2) is 0 Å². The van der Waals surface area contributed by atoms with Crippen LogP contribution in [0.2, 0.25) is 0 Å². The van der Waals surface area contributed by atoms with Crippen LogP contribution < -0.4 is 0 Å². The predicted octanol–water partition coefficient (Wildman–Crippen LogP) is 5.73. The summed E-state index contributed by atoms with van der Waals surface area (Å²) in [6.07, 6.45) is 17.7. The van der Waals surface area contributed by atoms with E-state index in [1.165, 1.54) is 11.6 Å². The number of carbonyl (C=O) groups is 1. The third kappa shape index (κ3) is 9.71. The highest BCUT2D eigenvalue weighted by Crippen LogP contribution is 2.37. The van der Waals surface area contributed by atoms with Crippen LogP contribution in [0.25, 0.3) is 0 Å². The molecule has 0 amide bonds. The highest BCUT2D eigenvalue weighted by molar-refractivity contribution is 7.10. The molecule has 216 valence electrons. The van der Waals surface area contributed by atoms with E-state index in [2.05, 4.69) is 57.6 Å². The van der Waals surface area contributed by atoms with Gasteiger partial charge in [-0.3, -0.25) is 0 Å². The number of ether oxygens (including phenoxy) is 4. The zero-order valence-electron chi connectivity index (χ0n) is 23.1. The standard InChI is InChI=1S/C30H44O7P2/c1-19-12-13-32-23(15-19)10-11-25(36-38)26-18-27-30(35-27)28(37-39)17-21(3)14-20(2)16-24-8-4-6-22(33-24)7-5-9-29(31)34-26/h4-6,9-12,20,22-28,30H,3,7-8,13-18,38-39H2,1-2H3/b9-5-,11-10+/t20-,22-,23+,24-,25-,26-,27+,28-,30+/m0/s1. The Labute approximate surface area is 238 Å². The summed E-state index contributed by atoms with van der Waals surface area (Å²) in [5, 5.41) is 0. The molecule has 1 saturated heterocycles. The van der Waals surface area contributed by atoms with Gasteiger partial charge in [0.25, 0.3) is 0 Å². The Kier molecular flexibility index (Phi) is 12.0. The number of epoxide rings is 1. The molecule has 2 bridgehead atoms. The molecule has 0 radical (unpaired) electrons. The molecule has 39 heavy (non-hydrogen) atoms. The quantitative estimate of drug-likeness (QED) is 0.178. The molecule has 0 saturated carbocycles. The third-order valence-corrected chi connectivity index (χ3v) is 8.39. The second-order valence-corrected chi connectivity index (χ2v) is 11.8. The molecule has 4 aliphatic rings. The van der Waals surface area contributed by atoms with Crippen molar-refractivity contribution in [1.82, 2.24) is 0 Å². The summed E-state index contributed by atoms with van der Waals surface area (Å²) in [5.41, 5.74) is 2.44. The first-order valence-electron chi connectivity index (χ1n) is 14.0. The minimum Gasteiger partial charge on any atom is -0.456 e. The van der Waals surface area contributed by atoms with Crippen molar-refractivity contribution in [3.63, 3.8) is 0 Å². The molecule has 7 nitrogen and oxygen atoms in total. The largest absolute Gasteiger partial charge is 0.456 e. The molecule has 0 aromatic rings. The average molecular weight is 579 g/mol. The number of fused-ring (bicyclic) bond motifs is 3. The van der Waals surface area contributed by atoms with Gasteiger partial charge >= 0.3 is 5.97 Å². The number of carbonyl (C=O) groups excluding carboxylic acids is 1. The normalized spacial score (nSPS) is 38.2. The van der Waals surface area contributed by atoms with Crippen LogP contribution in [0, 0.1) is 5.92 Å². The Hall–Kier alpha value is -1.17. The average Bonchev–Trinajstić information content (AvgIpc) is 3.66. The number of cyclic esters (lactones) is 1. The maximum Gasteiger partial charge on any atom is 0.330 e. The third-order valence-electron chi connectivity index (χ3n) is 7.73. The van der Waals surface area contributed by atoms with Gasteiger partial charge in [-0.05, 0) is 51.4 Å².